The first-order valence-electron chi connectivity index (χ1n) is 8.09. The molecule has 140 valence electrons. The summed E-state index contributed by atoms with van der Waals surface area (Å²) in [6.45, 7) is 3.28. The molecule has 1 aliphatic rings. The summed E-state index contributed by atoms with van der Waals surface area (Å²) in [5, 5.41) is 1.09. The van der Waals surface area contributed by atoms with Gasteiger partial charge in [0, 0.05) is 29.5 Å². The normalized spacial score (nSPS) is 15.8. The topological polar surface area (TPSA) is 61.8 Å². The molecular weight excluding hydrogens is 391 g/mol. The fourth-order valence-corrected chi connectivity index (χ4v) is 2.87. The van der Waals surface area contributed by atoms with Crippen LogP contribution in [0.1, 0.15) is 25.0 Å². The number of hydrogen-bond donors (Lipinski definition) is 0. The van der Waals surface area contributed by atoms with E-state index < -0.39 is 17.7 Å². The van der Waals surface area contributed by atoms with Gasteiger partial charge in [-0.1, -0.05) is 41.4 Å². The van der Waals surface area contributed by atoms with Crippen molar-refractivity contribution in [1.82, 2.24) is 0 Å². The van der Waals surface area contributed by atoms with Gasteiger partial charge < -0.3 is 14.2 Å². The van der Waals surface area contributed by atoms with E-state index in [9.17, 15) is 9.59 Å². The third kappa shape index (κ3) is 4.81. The van der Waals surface area contributed by atoms with Crippen LogP contribution in [0.15, 0.2) is 48.0 Å². The molecule has 0 bridgehead atoms. The second-order valence-electron chi connectivity index (χ2n) is 6.33. The highest BCUT2D eigenvalue weighted by Crippen LogP contribution is 2.25. The third-order valence-electron chi connectivity index (χ3n) is 3.72. The second-order valence-corrected chi connectivity index (χ2v) is 7.17. The number of rotatable bonds is 4. The fourth-order valence-electron chi connectivity index (χ4n) is 2.41. The lowest BCUT2D eigenvalue weighted by Crippen LogP contribution is -2.41. The highest BCUT2D eigenvalue weighted by molar-refractivity contribution is 6.35. The zero-order valence-corrected chi connectivity index (χ0v) is 16.1. The van der Waals surface area contributed by atoms with Crippen molar-refractivity contribution < 1.29 is 23.8 Å². The smallest absolute Gasteiger partial charge is 0.348 e. The molecule has 7 heteroatoms. The van der Waals surface area contributed by atoms with Crippen molar-refractivity contribution in [3.63, 3.8) is 0 Å². The minimum absolute atomic E-state index is 0.157. The lowest BCUT2D eigenvalue weighted by Gasteiger charge is -2.29. The molecule has 1 aliphatic heterocycles. The molecule has 0 N–H and O–H groups in total. The Hall–Kier alpha value is -2.50. The SMILES string of the molecule is CC1(C)OC(=O)C(=Cc2ccc(OCc3ccc(Cl)cc3Cl)cc2)C(=O)O1. The van der Waals surface area contributed by atoms with E-state index in [1.54, 1.807) is 42.5 Å². The van der Waals surface area contributed by atoms with Crippen molar-refractivity contribution in [1.29, 1.82) is 0 Å². The summed E-state index contributed by atoms with van der Waals surface area (Å²) in [7, 11) is 0. The van der Waals surface area contributed by atoms with Crippen LogP contribution in [0, 0.1) is 0 Å². The summed E-state index contributed by atoms with van der Waals surface area (Å²) in [5.74, 6) is -2.08. The van der Waals surface area contributed by atoms with Crippen LogP contribution in [0.4, 0.5) is 0 Å². The van der Waals surface area contributed by atoms with E-state index in [0.717, 1.165) is 5.56 Å². The predicted molar refractivity (Wildman–Crippen MR) is 101 cm³/mol. The summed E-state index contributed by atoms with van der Waals surface area (Å²) in [6.07, 6.45) is 1.42. The van der Waals surface area contributed by atoms with Gasteiger partial charge in [0.25, 0.3) is 5.79 Å². The highest BCUT2D eigenvalue weighted by atomic mass is 35.5. The van der Waals surface area contributed by atoms with Gasteiger partial charge in [-0.05, 0) is 35.9 Å². The van der Waals surface area contributed by atoms with E-state index in [4.69, 9.17) is 37.4 Å². The van der Waals surface area contributed by atoms with E-state index >= 15 is 0 Å². The average molecular weight is 407 g/mol. The molecule has 0 aliphatic carbocycles. The van der Waals surface area contributed by atoms with Crippen molar-refractivity contribution in [3.8, 4) is 5.75 Å². The Bertz CT molecular complexity index is 894. The monoisotopic (exact) mass is 406 g/mol. The molecule has 2 aromatic rings. The number of carbonyl (C=O) groups excluding carboxylic acids is 2. The van der Waals surface area contributed by atoms with Crippen molar-refractivity contribution in [3.05, 3.63) is 69.2 Å². The van der Waals surface area contributed by atoms with E-state index in [1.165, 1.54) is 19.9 Å². The first-order valence-corrected chi connectivity index (χ1v) is 8.84. The van der Waals surface area contributed by atoms with Gasteiger partial charge in [0.1, 0.15) is 17.9 Å². The molecule has 1 saturated heterocycles. The Kier molecular flexibility index (Phi) is 5.44. The molecular formula is C20H16Cl2O5. The van der Waals surface area contributed by atoms with Crippen molar-refractivity contribution >= 4 is 41.2 Å². The van der Waals surface area contributed by atoms with Gasteiger partial charge in [0.2, 0.25) is 0 Å². The lowest BCUT2D eigenvalue weighted by atomic mass is 10.1. The number of halogens is 2. The number of esters is 2. The standard InChI is InChI=1S/C20H16Cl2O5/c1-20(2)26-18(23)16(19(24)27-20)9-12-3-7-15(8-4-12)25-11-13-5-6-14(21)10-17(13)22/h3-10H,11H2,1-2H3. The van der Waals surface area contributed by atoms with E-state index in [-0.39, 0.29) is 12.2 Å². The van der Waals surface area contributed by atoms with Crippen LogP contribution >= 0.6 is 23.2 Å². The van der Waals surface area contributed by atoms with Crippen molar-refractivity contribution in [2.45, 2.75) is 26.2 Å². The minimum Gasteiger partial charge on any atom is -0.489 e. The summed E-state index contributed by atoms with van der Waals surface area (Å²) in [4.78, 5) is 23.9. The molecule has 0 spiro atoms. The van der Waals surface area contributed by atoms with Crippen molar-refractivity contribution in [2.24, 2.45) is 0 Å². The van der Waals surface area contributed by atoms with Crippen LogP contribution in [0.5, 0.6) is 5.75 Å². The maximum absolute atomic E-state index is 12.0. The van der Waals surface area contributed by atoms with Crippen LogP contribution in [0.3, 0.4) is 0 Å². The second kappa shape index (κ2) is 7.62. The highest BCUT2D eigenvalue weighted by Gasteiger charge is 2.38. The van der Waals surface area contributed by atoms with Gasteiger partial charge >= 0.3 is 11.9 Å². The van der Waals surface area contributed by atoms with Gasteiger partial charge in [0.15, 0.2) is 0 Å². The Balaban J connectivity index is 1.68. The molecule has 3 rings (SSSR count). The fraction of sp³-hybridized carbons (Fsp3) is 0.200. The van der Waals surface area contributed by atoms with E-state index in [1.807, 2.05) is 0 Å². The van der Waals surface area contributed by atoms with Crippen molar-refractivity contribution in [2.75, 3.05) is 0 Å². The molecule has 0 saturated carbocycles. The summed E-state index contributed by atoms with van der Waals surface area (Å²) in [6, 6.07) is 12.1. The van der Waals surface area contributed by atoms with Gasteiger partial charge in [-0.3, -0.25) is 0 Å². The maximum Gasteiger partial charge on any atom is 0.348 e. The number of carbonyl (C=O) groups is 2. The molecule has 1 fully saturated rings. The van der Waals surface area contributed by atoms with Crippen LogP contribution in [0.25, 0.3) is 6.08 Å². The first kappa shape index (κ1) is 19.3. The molecule has 2 aromatic carbocycles. The van der Waals surface area contributed by atoms with E-state index in [0.29, 0.717) is 21.4 Å². The van der Waals surface area contributed by atoms with Gasteiger partial charge in [0.05, 0.1) is 0 Å². The predicted octanol–water partition coefficient (Wildman–Crippen LogP) is 4.79. The van der Waals surface area contributed by atoms with Gasteiger partial charge in [-0.25, -0.2) is 9.59 Å². The van der Waals surface area contributed by atoms with Gasteiger partial charge in [-0.2, -0.15) is 0 Å². The number of ether oxygens (including phenoxy) is 3. The van der Waals surface area contributed by atoms with E-state index in [2.05, 4.69) is 0 Å². The van der Waals surface area contributed by atoms with Crippen LogP contribution < -0.4 is 4.74 Å². The Morgan fingerprint density at radius 3 is 2.22 bits per heavy atom. The number of benzene rings is 2. The Labute approximate surface area is 166 Å². The van der Waals surface area contributed by atoms with Gasteiger partial charge in [-0.15, -0.1) is 0 Å². The molecule has 0 unspecified atom stereocenters. The quantitative estimate of drug-likeness (QED) is 0.414. The number of hydrogen-bond acceptors (Lipinski definition) is 5. The molecule has 27 heavy (non-hydrogen) atoms. The third-order valence-corrected chi connectivity index (χ3v) is 4.30. The summed E-state index contributed by atoms with van der Waals surface area (Å²) >= 11 is 12.0. The summed E-state index contributed by atoms with van der Waals surface area (Å²) in [5.41, 5.74) is 1.29. The molecule has 0 radical (unpaired) electrons. The molecule has 5 nitrogen and oxygen atoms in total. The average Bonchev–Trinajstić information content (AvgIpc) is 2.58. The molecule has 0 aromatic heterocycles. The van der Waals surface area contributed by atoms with Crippen LogP contribution in [-0.4, -0.2) is 17.7 Å². The largest absolute Gasteiger partial charge is 0.489 e. The Morgan fingerprint density at radius 1 is 1.00 bits per heavy atom. The lowest BCUT2D eigenvalue weighted by molar-refractivity contribution is -0.222. The molecule has 0 amide bonds. The zero-order chi connectivity index (χ0) is 19.6. The van der Waals surface area contributed by atoms with Crippen LogP contribution in [-0.2, 0) is 25.7 Å². The minimum atomic E-state index is -1.26. The number of cyclic esters (lactones) is 2. The maximum atomic E-state index is 12.0. The zero-order valence-electron chi connectivity index (χ0n) is 14.6. The summed E-state index contributed by atoms with van der Waals surface area (Å²) < 4.78 is 15.8. The Morgan fingerprint density at radius 2 is 1.63 bits per heavy atom. The first-order chi connectivity index (χ1) is 12.7. The molecule has 0 atom stereocenters. The van der Waals surface area contributed by atoms with Crippen LogP contribution in [0.2, 0.25) is 10.0 Å². The molecule has 1 heterocycles.